The van der Waals surface area contributed by atoms with Crippen LogP contribution in [0.15, 0.2) is 0 Å². The molecule has 3 atom stereocenters. The largest absolute Gasteiger partial charge is 0.370 e. The fourth-order valence-corrected chi connectivity index (χ4v) is 5.12. The van der Waals surface area contributed by atoms with E-state index in [2.05, 4.69) is 11.8 Å². The second-order valence-electron chi connectivity index (χ2n) is 7.60. The molecule has 21 heavy (non-hydrogen) atoms. The van der Waals surface area contributed by atoms with Gasteiger partial charge in [0.25, 0.3) is 0 Å². The maximum atomic E-state index is 6.53. The molecule has 0 bridgehead atoms. The van der Waals surface area contributed by atoms with Gasteiger partial charge in [-0.2, -0.15) is 0 Å². The van der Waals surface area contributed by atoms with Crippen molar-refractivity contribution in [1.82, 2.24) is 4.90 Å². The smallest absolute Gasteiger partial charge is 0.0710 e. The molecule has 1 aliphatic heterocycles. The van der Waals surface area contributed by atoms with Crippen LogP contribution in [0, 0.1) is 5.92 Å². The molecule has 0 aromatic heterocycles. The van der Waals surface area contributed by atoms with Crippen molar-refractivity contribution < 1.29 is 4.74 Å². The monoisotopic (exact) mass is 294 g/mol. The zero-order chi connectivity index (χ0) is 14.7. The standard InChI is InChI=1S/C18H34N2O/c1-2-20(17-8-4-3-7-15(17)13-19)14-16-9-12-18(21-16)10-5-6-11-18/h15-17H,2-14,19H2,1H3. The molecule has 1 heterocycles. The fraction of sp³-hybridized carbons (Fsp3) is 1.00. The van der Waals surface area contributed by atoms with Crippen molar-refractivity contribution >= 4 is 0 Å². The van der Waals surface area contributed by atoms with Crippen molar-refractivity contribution in [3.8, 4) is 0 Å². The number of hydrogen-bond acceptors (Lipinski definition) is 3. The quantitative estimate of drug-likeness (QED) is 0.845. The van der Waals surface area contributed by atoms with E-state index in [4.69, 9.17) is 10.5 Å². The molecule has 2 aliphatic carbocycles. The summed E-state index contributed by atoms with van der Waals surface area (Å²) in [7, 11) is 0. The predicted octanol–water partition coefficient (Wildman–Crippen LogP) is 3.32. The Balaban J connectivity index is 1.57. The molecule has 3 nitrogen and oxygen atoms in total. The molecule has 2 saturated carbocycles. The van der Waals surface area contributed by atoms with Gasteiger partial charge in [0.05, 0.1) is 11.7 Å². The maximum Gasteiger partial charge on any atom is 0.0710 e. The van der Waals surface area contributed by atoms with Gasteiger partial charge in [0.2, 0.25) is 0 Å². The average molecular weight is 294 g/mol. The molecule has 1 spiro atoms. The van der Waals surface area contributed by atoms with E-state index in [0.29, 0.717) is 18.1 Å². The van der Waals surface area contributed by atoms with E-state index in [1.165, 1.54) is 64.2 Å². The Morgan fingerprint density at radius 2 is 1.81 bits per heavy atom. The van der Waals surface area contributed by atoms with Crippen molar-refractivity contribution in [2.45, 2.75) is 88.9 Å². The van der Waals surface area contributed by atoms with Crippen molar-refractivity contribution in [3.63, 3.8) is 0 Å². The van der Waals surface area contributed by atoms with E-state index in [-0.39, 0.29) is 5.60 Å². The van der Waals surface area contributed by atoms with E-state index in [1.54, 1.807) is 0 Å². The Labute approximate surface area is 130 Å². The molecule has 3 heteroatoms. The summed E-state index contributed by atoms with van der Waals surface area (Å²) in [4.78, 5) is 2.69. The lowest BCUT2D eigenvalue weighted by Gasteiger charge is -2.40. The molecule has 3 unspecified atom stereocenters. The van der Waals surface area contributed by atoms with Gasteiger partial charge in [-0.05, 0) is 57.5 Å². The van der Waals surface area contributed by atoms with Crippen molar-refractivity contribution in [3.05, 3.63) is 0 Å². The minimum absolute atomic E-state index is 0.282. The third kappa shape index (κ3) is 3.46. The van der Waals surface area contributed by atoms with Gasteiger partial charge < -0.3 is 10.5 Å². The van der Waals surface area contributed by atoms with Crippen LogP contribution in [0.2, 0.25) is 0 Å². The van der Waals surface area contributed by atoms with Crippen molar-refractivity contribution in [1.29, 1.82) is 0 Å². The number of rotatable bonds is 5. The Morgan fingerprint density at radius 3 is 2.52 bits per heavy atom. The van der Waals surface area contributed by atoms with Gasteiger partial charge in [0, 0.05) is 12.6 Å². The van der Waals surface area contributed by atoms with Gasteiger partial charge in [0.1, 0.15) is 0 Å². The zero-order valence-corrected chi connectivity index (χ0v) is 13.9. The van der Waals surface area contributed by atoms with Crippen LogP contribution in [0.25, 0.3) is 0 Å². The van der Waals surface area contributed by atoms with E-state index in [9.17, 15) is 0 Å². The van der Waals surface area contributed by atoms with Crippen LogP contribution in [0.4, 0.5) is 0 Å². The molecule has 3 fully saturated rings. The number of hydrogen-bond donors (Lipinski definition) is 1. The maximum absolute atomic E-state index is 6.53. The molecular formula is C18H34N2O. The van der Waals surface area contributed by atoms with Gasteiger partial charge in [0.15, 0.2) is 0 Å². The highest BCUT2D eigenvalue weighted by atomic mass is 16.5. The first-order valence-corrected chi connectivity index (χ1v) is 9.38. The Kier molecular flexibility index (Phi) is 5.23. The van der Waals surface area contributed by atoms with Gasteiger partial charge in [-0.1, -0.05) is 32.6 Å². The van der Waals surface area contributed by atoms with E-state index in [0.717, 1.165) is 19.6 Å². The van der Waals surface area contributed by atoms with Gasteiger partial charge in [-0.15, -0.1) is 0 Å². The minimum atomic E-state index is 0.282. The van der Waals surface area contributed by atoms with Crippen molar-refractivity contribution in [2.75, 3.05) is 19.6 Å². The van der Waals surface area contributed by atoms with Crippen LogP contribution in [0.1, 0.15) is 71.1 Å². The predicted molar refractivity (Wildman–Crippen MR) is 87.4 cm³/mol. The summed E-state index contributed by atoms with van der Waals surface area (Å²) in [5.41, 5.74) is 6.31. The van der Waals surface area contributed by atoms with E-state index < -0.39 is 0 Å². The second kappa shape index (κ2) is 6.97. The van der Waals surface area contributed by atoms with Gasteiger partial charge >= 0.3 is 0 Å². The van der Waals surface area contributed by atoms with Crippen LogP contribution < -0.4 is 5.73 Å². The summed E-state index contributed by atoms with van der Waals surface area (Å²) >= 11 is 0. The Bertz CT molecular complexity index is 327. The molecule has 3 aliphatic rings. The molecular weight excluding hydrogens is 260 g/mol. The van der Waals surface area contributed by atoms with Crippen LogP contribution in [0.5, 0.6) is 0 Å². The first-order chi connectivity index (χ1) is 10.3. The third-order valence-corrected chi connectivity index (χ3v) is 6.34. The lowest BCUT2D eigenvalue weighted by molar-refractivity contribution is -0.0552. The molecule has 122 valence electrons. The number of likely N-dealkylation sites (N-methyl/N-ethyl adjacent to an activating group) is 1. The second-order valence-corrected chi connectivity index (χ2v) is 7.60. The summed E-state index contributed by atoms with van der Waals surface area (Å²) in [6.07, 6.45) is 13.9. The minimum Gasteiger partial charge on any atom is -0.370 e. The van der Waals surface area contributed by atoms with Crippen LogP contribution >= 0.6 is 0 Å². The topological polar surface area (TPSA) is 38.5 Å². The van der Waals surface area contributed by atoms with Crippen LogP contribution in [0.3, 0.4) is 0 Å². The van der Waals surface area contributed by atoms with Crippen LogP contribution in [-0.2, 0) is 4.74 Å². The lowest BCUT2D eigenvalue weighted by Crippen LogP contribution is -2.48. The molecule has 0 aromatic carbocycles. The lowest BCUT2D eigenvalue weighted by atomic mass is 9.83. The fourth-order valence-electron chi connectivity index (χ4n) is 5.12. The number of nitrogens with two attached hydrogens (primary N) is 1. The molecule has 0 aromatic rings. The molecule has 1 saturated heterocycles. The summed E-state index contributed by atoms with van der Waals surface area (Å²) in [5, 5.41) is 0. The number of ether oxygens (including phenoxy) is 1. The summed E-state index contributed by atoms with van der Waals surface area (Å²) in [5.74, 6) is 0.709. The highest BCUT2D eigenvalue weighted by molar-refractivity contribution is 4.94. The molecule has 2 N–H and O–H groups in total. The summed E-state index contributed by atoms with van der Waals surface area (Å²) < 4.78 is 6.53. The molecule has 0 radical (unpaired) electrons. The van der Waals surface area contributed by atoms with E-state index >= 15 is 0 Å². The van der Waals surface area contributed by atoms with Crippen molar-refractivity contribution in [2.24, 2.45) is 11.7 Å². The first kappa shape index (κ1) is 15.8. The highest BCUT2D eigenvalue weighted by Crippen LogP contribution is 2.43. The Morgan fingerprint density at radius 1 is 1.05 bits per heavy atom. The third-order valence-electron chi connectivity index (χ3n) is 6.34. The van der Waals surface area contributed by atoms with Gasteiger partial charge in [-0.3, -0.25) is 4.90 Å². The number of nitrogens with zero attached hydrogens (tertiary/aromatic N) is 1. The van der Waals surface area contributed by atoms with Crippen LogP contribution in [-0.4, -0.2) is 42.3 Å². The highest BCUT2D eigenvalue weighted by Gasteiger charge is 2.43. The molecule has 3 rings (SSSR count). The average Bonchev–Trinajstić information content (AvgIpc) is 3.15. The first-order valence-electron chi connectivity index (χ1n) is 9.38. The Hall–Kier alpha value is -0.120. The van der Waals surface area contributed by atoms with Gasteiger partial charge in [-0.25, -0.2) is 0 Å². The normalized spacial score (nSPS) is 35.9. The zero-order valence-electron chi connectivity index (χ0n) is 13.9. The summed E-state index contributed by atoms with van der Waals surface area (Å²) in [6, 6.07) is 0.706. The SMILES string of the molecule is CCN(CC1CCC2(CCCC2)O1)C1CCCCC1CN. The van der Waals surface area contributed by atoms with E-state index in [1.807, 2.05) is 0 Å². The summed E-state index contributed by atoms with van der Waals surface area (Å²) in [6.45, 7) is 5.45. The molecule has 0 amide bonds.